The minimum absolute atomic E-state index is 0.723. The van der Waals surface area contributed by atoms with Gasteiger partial charge >= 0.3 is 0 Å². The third kappa shape index (κ3) is 1.42. The van der Waals surface area contributed by atoms with E-state index in [9.17, 15) is 0 Å². The Morgan fingerprint density at radius 1 is 1.31 bits per heavy atom. The number of pyridine rings is 1. The van der Waals surface area contributed by atoms with Gasteiger partial charge in [-0.25, -0.2) is 0 Å². The van der Waals surface area contributed by atoms with Crippen molar-refractivity contribution in [2.24, 2.45) is 0 Å². The molecule has 0 saturated carbocycles. The summed E-state index contributed by atoms with van der Waals surface area (Å²) in [5, 5.41) is 12.0. The van der Waals surface area contributed by atoms with Crippen LogP contribution in [0, 0.1) is 11.5 Å². The lowest BCUT2D eigenvalue weighted by Crippen LogP contribution is -1.88. The molecule has 0 aliphatic rings. The Labute approximate surface area is 75.6 Å². The fraction of sp³-hybridized carbons (Fsp3) is 0. The number of nitriles is 1. The van der Waals surface area contributed by atoms with Gasteiger partial charge in [0.05, 0.1) is 17.4 Å². The van der Waals surface area contributed by atoms with Crippen LogP contribution in [0.1, 0.15) is 0 Å². The van der Waals surface area contributed by atoms with Gasteiger partial charge in [-0.2, -0.15) is 5.26 Å². The number of aromatic nitrogens is 1. The van der Waals surface area contributed by atoms with Crippen LogP contribution in [0.3, 0.4) is 0 Å². The molecule has 0 aliphatic heterocycles. The lowest BCUT2D eigenvalue weighted by molar-refractivity contribution is 1.39. The van der Waals surface area contributed by atoms with E-state index < -0.39 is 0 Å². The summed E-state index contributed by atoms with van der Waals surface area (Å²) in [6.45, 7) is 0. The highest BCUT2D eigenvalue weighted by Gasteiger charge is 1.94. The SMILES string of the molecule is N#CNc1cnc2ccccc2c1. The smallest absolute Gasteiger partial charge is 0.181 e. The Balaban J connectivity index is 2.57. The molecule has 0 bridgehead atoms. The fourth-order valence-electron chi connectivity index (χ4n) is 1.20. The van der Waals surface area contributed by atoms with E-state index in [2.05, 4.69) is 10.3 Å². The molecule has 62 valence electrons. The number of nitrogens with one attached hydrogen (secondary N) is 1. The first-order valence-electron chi connectivity index (χ1n) is 3.90. The van der Waals surface area contributed by atoms with Crippen molar-refractivity contribution in [3.63, 3.8) is 0 Å². The molecule has 3 heteroatoms. The van der Waals surface area contributed by atoms with Gasteiger partial charge in [-0.1, -0.05) is 18.2 Å². The molecule has 0 saturated heterocycles. The molecule has 0 unspecified atom stereocenters. The van der Waals surface area contributed by atoms with Crippen LogP contribution in [0.25, 0.3) is 10.9 Å². The lowest BCUT2D eigenvalue weighted by atomic mass is 10.2. The van der Waals surface area contributed by atoms with Gasteiger partial charge in [-0.3, -0.25) is 10.3 Å². The van der Waals surface area contributed by atoms with E-state index >= 15 is 0 Å². The van der Waals surface area contributed by atoms with Crippen LogP contribution in [0.2, 0.25) is 0 Å². The van der Waals surface area contributed by atoms with Crippen molar-refractivity contribution in [2.45, 2.75) is 0 Å². The van der Waals surface area contributed by atoms with E-state index in [1.807, 2.05) is 36.5 Å². The van der Waals surface area contributed by atoms with Crippen LogP contribution in [0.5, 0.6) is 0 Å². The number of nitrogens with zero attached hydrogens (tertiary/aromatic N) is 2. The maximum Gasteiger partial charge on any atom is 0.181 e. The minimum atomic E-state index is 0.723. The monoisotopic (exact) mass is 169 g/mol. The average Bonchev–Trinajstić information content (AvgIpc) is 2.18. The van der Waals surface area contributed by atoms with Gasteiger partial charge in [0.25, 0.3) is 0 Å². The van der Waals surface area contributed by atoms with Crippen molar-refractivity contribution < 1.29 is 0 Å². The first-order chi connectivity index (χ1) is 6.40. The van der Waals surface area contributed by atoms with Gasteiger partial charge in [-0.15, -0.1) is 0 Å². The number of hydrogen-bond donors (Lipinski definition) is 1. The van der Waals surface area contributed by atoms with E-state index in [0.717, 1.165) is 16.6 Å². The molecule has 0 radical (unpaired) electrons. The van der Waals surface area contributed by atoms with Crippen LogP contribution in [-0.4, -0.2) is 4.98 Å². The van der Waals surface area contributed by atoms with Crippen LogP contribution >= 0.6 is 0 Å². The summed E-state index contributed by atoms with van der Waals surface area (Å²) in [5.74, 6) is 0. The summed E-state index contributed by atoms with van der Waals surface area (Å²) in [4.78, 5) is 4.19. The van der Waals surface area contributed by atoms with Crippen molar-refractivity contribution in [1.82, 2.24) is 4.98 Å². The third-order valence-electron chi connectivity index (χ3n) is 1.79. The quantitative estimate of drug-likeness (QED) is 0.525. The lowest BCUT2D eigenvalue weighted by Gasteiger charge is -1.98. The van der Waals surface area contributed by atoms with E-state index in [1.54, 1.807) is 6.20 Å². The number of hydrogen-bond acceptors (Lipinski definition) is 3. The maximum atomic E-state index is 8.40. The standard InChI is InChI=1S/C10H7N3/c11-7-13-9-5-8-3-1-2-4-10(8)12-6-9/h1-6,13H. The summed E-state index contributed by atoms with van der Waals surface area (Å²) in [6, 6.07) is 9.68. The van der Waals surface area contributed by atoms with Gasteiger partial charge in [0.1, 0.15) is 0 Å². The van der Waals surface area contributed by atoms with Crippen molar-refractivity contribution in [1.29, 1.82) is 5.26 Å². The maximum absolute atomic E-state index is 8.40. The molecule has 0 fully saturated rings. The molecule has 13 heavy (non-hydrogen) atoms. The molecule has 1 aromatic carbocycles. The first kappa shape index (κ1) is 7.56. The van der Waals surface area contributed by atoms with Crippen LogP contribution in [0.4, 0.5) is 5.69 Å². The molecule has 1 heterocycles. The van der Waals surface area contributed by atoms with Crippen molar-refractivity contribution in [2.75, 3.05) is 5.32 Å². The Morgan fingerprint density at radius 3 is 3.00 bits per heavy atom. The number of fused-ring (bicyclic) bond motifs is 1. The molecule has 0 spiro atoms. The van der Waals surface area contributed by atoms with E-state index in [1.165, 1.54) is 0 Å². The summed E-state index contributed by atoms with van der Waals surface area (Å²) < 4.78 is 0. The van der Waals surface area contributed by atoms with Crippen LogP contribution in [-0.2, 0) is 0 Å². The highest BCUT2D eigenvalue weighted by Crippen LogP contribution is 2.15. The molecular weight excluding hydrogens is 162 g/mol. The largest absolute Gasteiger partial charge is 0.291 e. The van der Waals surface area contributed by atoms with Crippen molar-refractivity contribution in [3.05, 3.63) is 36.5 Å². The minimum Gasteiger partial charge on any atom is -0.291 e. The zero-order valence-corrected chi connectivity index (χ0v) is 6.86. The Bertz CT molecular complexity index is 471. The second-order valence-electron chi connectivity index (χ2n) is 2.65. The number of benzene rings is 1. The first-order valence-corrected chi connectivity index (χ1v) is 3.90. The van der Waals surface area contributed by atoms with Gasteiger partial charge in [0.15, 0.2) is 6.19 Å². The van der Waals surface area contributed by atoms with E-state index in [0.29, 0.717) is 0 Å². The summed E-state index contributed by atoms with van der Waals surface area (Å²) >= 11 is 0. The number of rotatable bonds is 1. The summed E-state index contributed by atoms with van der Waals surface area (Å²) in [7, 11) is 0. The topological polar surface area (TPSA) is 48.7 Å². The zero-order chi connectivity index (χ0) is 9.10. The molecule has 3 nitrogen and oxygen atoms in total. The zero-order valence-electron chi connectivity index (χ0n) is 6.86. The average molecular weight is 169 g/mol. The second-order valence-corrected chi connectivity index (χ2v) is 2.65. The molecular formula is C10H7N3. The predicted molar refractivity (Wildman–Crippen MR) is 51.0 cm³/mol. The molecule has 0 amide bonds. The highest BCUT2D eigenvalue weighted by molar-refractivity contribution is 5.81. The van der Waals surface area contributed by atoms with Gasteiger partial charge in [0, 0.05) is 5.39 Å². The molecule has 1 N–H and O–H groups in total. The molecule has 2 aromatic rings. The normalized spacial score (nSPS) is 9.46. The summed E-state index contributed by atoms with van der Waals surface area (Å²) in [6.07, 6.45) is 3.50. The van der Waals surface area contributed by atoms with Crippen molar-refractivity contribution >= 4 is 16.6 Å². The Morgan fingerprint density at radius 2 is 2.15 bits per heavy atom. The van der Waals surface area contributed by atoms with E-state index in [-0.39, 0.29) is 0 Å². The van der Waals surface area contributed by atoms with E-state index in [4.69, 9.17) is 5.26 Å². The summed E-state index contributed by atoms with van der Waals surface area (Å²) in [5.41, 5.74) is 1.66. The molecule has 0 aliphatic carbocycles. The van der Waals surface area contributed by atoms with Crippen molar-refractivity contribution in [3.8, 4) is 6.19 Å². The molecule has 1 aromatic heterocycles. The second kappa shape index (κ2) is 3.11. The highest BCUT2D eigenvalue weighted by atomic mass is 14.9. The van der Waals surface area contributed by atoms with Crippen LogP contribution < -0.4 is 5.32 Å². The number of para-hydroxylation sites is 1. The van der Waals surface area contributed by atoms with Gasteiger partial charge in [-0.05, 0) is 12.1 Å². The van der Waals surface area contributed by atoms with Gasteiger partial charge < -0.3 is 0 Å². The predicted octanol–water partition coefficient (Wildman–Crippen LogP) is 2.13. The Hall–Kier alpha value is -2.08. The van der Waals surface area contributed by atoms with Crippen LogP contribution in [0.15, 0.2) is 36.5 Å². The molecule has 2 rings (SSSR count). The third-order valence-corrected chi connectivity index (χ3v) is 1.79. The molecule has 0 atom stereocenters. The van der Waals surface area contributed by atoms with Gasteiger partial charge in [0.2, 0.25) is 0 Å². The number of anilines is 1. The Kier molecular flexibility index (Phi) is 1.81. The fourth-order valence-corrected chi connectivity index (χ4v) is 1.20.